The number of anilines is 2. The molecule has 2 rings (SSSR count). The van der Waals surface area contributed by atoms with E-state index in [1.54, 1.807) is 0 Å². The van der Waals surface area contributed by atoms with Crippen LogP contribution in [0.25, 0.3) is 0 Å². The Bertz CT molecular complexity index is 521. The lowest BCUT2D eigenvalue weighted by Crippen LogP contribution is -2.12. The number of aryl methyl sites for hydroxylation is 1. The third-order valence-electron chi connectivity index (χ3n) is 2.80. The van der Waals surface area contributed by atoms with E-state index in [9.17, 15) is 0 Å². The Morgan fingerprint density at radius 2 is 1.72 bits per heavy atom. The van der Waals surface area contributed by atoms with Gasteiger partial charge in [-0.1, -0.05) is 29.8 Å². The van der Waals surface area contributed by atoms with Crippen molar-refractivity contribution >= 4 is 11.6 Å². The average molecular weight is 243 g/mol. The number of hydrazine groups is 1. The zero-order chi connectivity index (χ0) is 13.0. The quantitative estimate of drug-likeness (QED) is 0.565. The van der Waals surface area contributed by atoms with E-state index in [0.717, 1.165) is 17.9 Å². The number of hydrogen-bond acceptors (Lipinski definition) is 5. The molecule has 0 aliphatic rings. The highest BCUT2D eigenvalue weighted by Gasteiger charge is 2.05. The van der Waals surface area contributed by atoms with Crippen molar-refractivity contribution in [3.05, 3.63) is 47.3 Å². The van der Waals surface area contributed by atoms with Gasteiger partial charge in [-0.25, -0.2) is 15.8 Å². The Morgan fingerprint density at radius 1 is 1.06 bits per heavy atom. The highest BCUT2D eigenvalue weighted by atomic mass is 15.3. The van der Waals surface area contributed by atoms with Crippen molar-refractivity contribution in [1.29, 1.82) is 0 Å². The highest BCUT2D eigenvalue weighted by Crippen LogP contribution is 2.17. The Labute approximate surface area is 106 Å². The summed E-state index contributed by atoms with van der Waals surface area (Å²) in [6.45, 7) is 4.72. The molecule has 2 aromatic rings. The van der Waals surface area contributed by atoms with Gasteiger partial charge in [0, 0.05) is 12.1 Å². The van der Waals surface area contributed by atoms with Gasteiger partial charge < -0.3 is 10.7 Å². The molecule has 0 unspecified atom stereocenters. The van der Waals surface area contributed by atoms with Gasteiger partial charge in [0.1, 0.15) is 18.0 Å². The normalized spacial score (nSPS) is 10.2. The number of nitrogen functional groups attached to an aromatic ring is 1. The molecule has 1 heterocycles. The van der Waals surface area contributed by atoms with Crippen LogP contribution in [0.5, 0.6) is 0 Å². The molecule has 0 atom stereocenters. The number of hydrogen-bond donors (Lipinski definition) is 3. The summed E-state index contributed by atoms with van der Waals surface area (Å²) in [5, 5.41) is 3.28. The van der Waals surface area contributed by atoms with Gasteiger partial charge in [-0.2, -0.15) is 0 Å². The van der Waals surface area contributed by atoms with Crippen molar-refractivity contribution in [2.75, 3.05) is 10.7 Å². The van der Waals surface area contributed by atoms with Crippen molar-refractivity contribution in [1.82, 2.24) is 9.97 Å². The van der Waals surface area contributed by atoms with Gasteiger partial charge in [0.15, 0.2) is 0 Å². The zero-order valence-electron chi connectivity index (χ0n) is 10.6. The standard InChI is InChI=1S/C13H17N5/c1-9-3-5-11(6-4-9)7-15-12-10(2)13(18-14)17-8-16-12/h3-6,8H,7,14H2,1-2H3,(H2,15,16,17,18). The third kappa shape index (κ3) is 2.75. The van der Waals surface area contributed by atoms with E-state index >= 15 is 0 Å². The molecule has 0 aliphatic heterocycles. The first-order valence-electron chi connectivity index (χ1n) is 5.78. The maximum absolute atomic E-state index is 5.38. The number of nitrogens with zero attached hydrogens (tertiary/aromatic N) is 2. The van der Waals surface area contributed by atoms with Crippen molar-refractivity contribution in [3.63, 3.8) is 0 Å². The first-order chi connectivity index (χ1) is 8.70. The van der Waals surface area contributed by atoms with Gasteiger partial charge in [-0.05, 0) is 19.4 Å². The molecular formula is C13H17N5. The van der Waals surface area contributed by atoms with Gasteiger partial charge in [-0.15, -0.1) is 0 Å². The fraction of sp³-hybridized carbons (Fsp3) is 0.231. The molecule has 0 spiro atoms. The molecule has 5 heteroatoms. The second kappa shape index (κ2) is 5.46. The van der Waals surface area contributed by atoms with Gasteiger partial charge >= 0.3 is 0 Å². The molecule has 1 aromatic heterocycles. The van der Waals surface area contributed by atoms with Crippen LogP contribution in [0.3, 0.4) is 0 Å². The smallest absolute Gasteiger partial charge is 0.148 e. The van der Waals surface area contributed by atoms with Crippen molar-refractivity contribution in [2.45, 2.75) is 20.4 Å². The van der Waals surface area contributed by atoms with Crippen LogP contribution in [0.2, 0.25) is 0 Å². The number of nitrogens with one attached hydrogen (secondary N) is 2. The molecule has 0 bridgehead atoms. The van der Waals surface area contributed by atoms with E-state index in [2.05, 4.69) is 51.9 Å². The summed E-state index contributed by atoms with van der Waals surface area (Å²) in [6.07, 6.45) is 1.49. The zero-order valence-corrected chi connectivity index (χ0v) is 10.6. The van der Waals surface area contributed by atoms with E-state index in [0.29, 0.717) is 5.82 Å². The molecule has 1 aromatic carbocycles. The minimum Gasteiger partial charge on any atom is -0.366 e. The predicted octanol–water partition coefficient (Wildman–Crippen LogP) is 1.99. The van der Waals surface area contributed by atoms with Crippen LogP contribution in [-0.4, -0.2) is 9.97 Å². The van der Waals surface area contributed by atoms with Crippen LogP contribution < -0.4 is 16.6 Å². The third-order valence-corrected chi connectivity index (χ3v) is 2.80. The molecule has 0 saturated carbocycles. The molecule has 94 valence electrons. The van der Waals surface area contributed by atoms with Crippen LogP contribution >= 0.6 is 0 Å². The van der Waals surface area contributed by atoms with Crippen LogP contribution in [0.1, 0.15) is 16.7 Å². The summed E-state index contributed by atoms with van der Waals surface area (Å²) in [7, 11) is 0. The average Bonchev–Trinajstić information content (AvgIpc) is 2.39. The Kier molecular flexibility index (Phi) is 3.74. The summed E-state index contributed by atoms with van der Waals surface area (Å²) in [5.41, 5.74) is 5.92. The predicted molar refractivity (Wildman–Crippen MR) is 73.1 cm³/mol. The lowest BCUT2D eigenvalue weighted by molar-refractivity contribution is 1.05. The molecule has 18 heavy (non-hydrogen) atoms. The minimum absolute atomic E-state index is 0.636. The number of benzene rings is 1. The summed E-state index contributed by atoms with van der Waals surface area (Å²) >= 11 is 0. The van der Waals surface area contributed by atoms with Crippen LogP contribution in [0.4, 0.5) is 11.6 Å². The molecule has 0 radical (unpaired) electrons. The van der Waals surface area contributed by atoms with Crippen LogP contribution in [0, 0.1) is 13.8 Å². The van der Waals surface area contributed by atoms with E-state index in [-0.39, 0.29) is 0 Å². The summed E-state index contributed by atoms with van der Waals surface area (Å²) in [6, 6.07) is 8.38. The van der Waals surface area contributed by atoms with Crippen molar-refractivity contribution < 1.29 is 0 Å². The van der Waals surface area contributed by atoms with Gasteiger partial charge in [0.05, 0.1) is 0 Å². The largest absolute Gasteiger partial charge is 0.366 e. The van der Waals surface area contributed by atoms with E-state index in [1.807, 2.05) is 6.92 Å². The van der Waals surface area contributed by atoms with Crippen LogP contribution in [0.15, 0.2) is 30.6 Å². The van der Waals surface area contributed by atoms with Crippen LogP contribution in [-0.2, 0) is 6.54 Å². The molecule has 5 nitrogen and oxygen atoms in total. The van der Waals surface area contributed by atoms with E-state index < -0.39 is 0 Å². The van der Waals surface area contributed by atoms with Crippen molar-refractivity contribution in [2.24, 2.45) is 5.84 Å². The molecule has 0 saturated heterocycles. The Hall–Kier alpha value is -2.14. The Morgan fingerprint density at radius 3 is 2.39 bits per heavy atom. The first-order valence-corrected chi connectivity index (χ1v) is 5.78. The SMILES string of the molecule is Cc1ccc(CNc2ncnc(NN)c2C)cc1. The van der Waals surface area contributed by atoms with Gasteiger partial charge in [0.25, 0.3) is 0 Å². The van der Waals surface area contributed by atoms with Gasteiger partial charge in [-0.3, -0.25) is 0 Å². The lowest BCUT2D eigenvalue weighted by Gasteiger charge is -2.10. The fourth-order valence-electron chi connectivity index (χ4n) is 1.67. The molecule has 0 aliphatic carbocycles. The maximum Gasteiger partial charge on any atom is 0.148 e. The topological polar surface area (TPSA) is 75.9 Å². The molecule has 0 fully saturated rings. The van der Waals surface area contributed by atoms with Gasteiger partial charge in [0.2, 0.25) is 0 Å². The number of aromatic nitrogens is 2. The first kappa shape index (κ1) is 12.3. The number of nitrogens with two attached hydrogens (primary N) is 1. The highest BCUT2D eigenvalue weighted by molar-refractivity contribution is 5.55. The Balaban J connectivity index is 2.08. The molecule has 0 amide bonds. The minimum atomic E-state index is 0.636. The van der Waals surface area contributed by atoms with E-state index in [1.165, 1.54) is 17.5 Å². The summed E-state index contributed by atoms with van der Waals surface area (Å²) < 4.78 is 0. The lowest BCUT2D eigenvalue weighted by atomic mass is 10.1. The monoisotopic (exact) mass is 243 g/mol. The summed E-state index contributed by atoms with van der Waals surface area (Å²) in [4.78, 5) is 8.24. The molecular weight excluding hydrogens is 226 g/mol. The van der Waals surface area contributed by atoms with Crippen molar-refractivity contribution in [3.8, 4) is 0 Å². The fourth-order valence-corrected chi connectivity index (χ4v) is 1.67. The maximum atomic E-state index is 5.38. The summed E-state index contributed by atoms with van der Waals surface area (Å²) in [5.74, 6) is 6.80. The second-order valence-electron chi connectivity index (χ2n) is 4.18. The van der Waals surface area contributed by atoms with E-state index in [4.69, 9.17) is 5.84 Å². The number of rotatable bonds is 4. The second-order valence-corrected chi connectivity index (χ2v) is 4.18. The molecule has 4 N–H and O–H groups in total.